The molecule has 4 nitrogen and oxygen atoms in total. The zero-order chi connectivity index (χ0) is 21.3. The van der Waals surface area contributed by atoms with Crippen LogP contribution in [0.25, 0.3) is 22.1 Å². The van der Waals surface area contributed by atoms with E-state index in [0.29, 0.717) is 28.5 Å². The van der Waals surface area contributed by atoms with Crippen molar-refractivity contribution in [1.82, 2.24) is 4.90 Å². The molecule has 0 unspecified atom stereocenters. The van der Waals surface area contributed by atoms with E-state index in [2.05, 4.69) is 0 Å². The molecule has 2 heterocycles. The molecule has 1 aromatic heterocycles. The second kappa shape index (κ2) is 8.60. The fourth-order valence-electron chi connectivity index (χ4n) is 4.13. The van der Waals surface area contributed by atoms with Gasteiger partial charge in [-0.2, -0.15) is 0 Å². The molecule has 156 valence electrons. The predicted molar refractivity (Wildman–Crippen MR) is 116 cm³/mol. The summed E-state index contributed by atoms with van der Waals surface area (Å²) in [4.78, 5) is 26.8. The normalized spacial score (nSPS) is 15.4. The van der Waals surface area contributed by atoms with Crippen LogP contribution in [0.5, 0.6) is 0 Å². The molecule has 0 radical (unpaired) electrons. The SMILES string of the molecule is C[C@@H](Cc1ccc2c(-c3ccc(F)cc3Cl)cc(=O)oc2c1)C(=O)N1CCCCC1. The Morgan fingerprint density at radius 3 is 2.60 bits per heavy atom. The number of likely N-dealkylation sites (tertiary alicyclic amines) is 1. The molecule has 1 aliphatic heterocycles. The quantitative estimate of drug-likeness (QED) is 0.520. The number of halogens is 2. The Morgan fingerprint density at radius 2 is 1.87 bits per heavy atom. The molecule has 0 saturated carbocycles. The number of nitrogens with zero attached hydrogens (tertiary/aromatic N) is 1. The maximum absolute atomic E-state index is 13.4. The van der Waals surface area contributed by atoms with Crippen LogP contribution < -0.4 is 5.63 Å². The highest BCUT2D eigenvalue weighted by Crippen LogP contribution is 2.33. The van der Waals surface area contributed by atoms with Crippen LogP contribution in [-0.4, -0.2) is 23.9 Å². The molecule has 4 rings (SSSR count). The van der Waals surface area contributed by atoms with E-state index in [4.69, 9.17) is 16.0 Å². The molecule has 0 aliphatic carbocycles. The van der Waals surface area contributed by atoms with Crippen LogP contribution in [0.2, 0.25) is 5.02 Å². The van der Waals surface area contributed by atoms with Gasteiger partial charge in [0.05, 0.1) is 5.02 Å². The minimum atomic E-state index is -0.507. The molecule has 1 fully saturated rings. The van der Waals surface area contributed by atoms with Gasteiger partial charge in [0.2, 0.25) is 5.91 Å². The molecule has 1 atom stereocenters. The third kappa shape index (κ3) is 4.26. The maximum atomic E-state index is 13.4. The van der Waals surface area contributed by atoms with Crippen LogP contribution in [0.3, 0.4) is 0 Å². The molecule has 6 heteroatoms. The average Bonchev–Trinajstić information content (AvgIpc) is 2.73. The standard InChI is InChI=1S/C24H23ClFNO3/c1-15(24(29)27-9-3-2-4-10-27)11-16-5-7-19-20(14-23(28)30-22(19)12-16)18-8-6-17(26)13-21(18)25/h5-8,12-15H,2-4,9-11H2,1H3/t15-/m0/s1. The Kier molecular flexibility index (Phi) is 5.91. The molecule has 3 aromatic rings. The number of benzene rings is 2. The van der Waals surface area contributed by atoms with E-state index in [-0.39, 0.29) is 16.8 Å². The third-order valence-electron chi connectivity index (χ3n) is 5.66. The van der Waals surface area contributed by atoms with Crippen molar-refractivity contribution in [2.24, 2.45) is 5.92 Å². The topological polar surface area (TPSA) is 50.5 Å². The molecule has 0 bridgehead atoms. The summed E-state index contributed by atoms with van der Waals surface area (Å²) < 4.78 is 18.9. The van der Waals surface area contributed by atoms with E-state index in [0.717, 1.165) is 31.5 Å². The van der Waals surface area contributed by atoms with E-state index in [9.17, 15) is 14.0 Å². The van der Waals surface area contributed by atoms with Gasteiger partial charge in [-0.3, -0.25) is 4.79 Å². The van der Waals surface area contributed by atoms with E-state index in [1.54, 1.807) is 12.1 Å². The zero-order valence-electron chi connectivity index (χ0n) is 16.8. The molecular formula is C24H23ClFNO3. The Bertz CT molecular complexity index is 1150. The van der Waals surface area contributed by atoms with Crippen molar-refractivity contribution in [2.75, 3.05) is 13.1 Å². The third-order valence-corrected chi connectivity index (χ3v) is 5.97. The number of fused-ring (bicyclic) bond motifs is 1. The molecular weight excluding hydrogens is 405 g/mol. The van der Waals surface area contributed by atoms with Gasteiger partial charge in [-0.25, -0.2) is 9.18 Å². The van der Waals surface area contributed by atoms with Crippen molar-refractivity contribution >= 4 is 28.5 Å². The fourth-order valence-corrected chi connectivity index (χ4v) is 4.40. The second-order valence-electron chi connectivity index (χ2n) is 7.92. The first-order valence-corrected chi connectivity index (χ1v) is 10.6. The Labute approximate surface area is 179 Å². The van der Waals surface area contributed by atoms with Gasteiger partial charge < -0.3 is 9.32 Å². The minimum Gasteiger partial charge on any atom is -0.423 e. The van der Waals surface area contributed by atoms with Crippen LogP contribution in [0.1, 0.15) is 31.7 Å². The average molecular weight is 428 g/mol. The monoisotopic (exact) mass is 427 g/mol. The smallest absolute Gasteiger partial charge is 0.336 e. The summed E-state index contributed by atoms with van der Waals surface area (Å²) in [7, 11) is 0. The van der Waals surface area contributed by atoms with Crippen molar-refractivity contribution in [1.29, 1.82) is 0 Å². The maximum Gasteiger partial charge on any atom is 0.336 e. The predicted octanol–water partition coefficient (Wildman–Crippen LogP) is 5.44. The summed E-state index contributed by atoms with van der Waals surface area (Å²) in [5.41, 5.74) is 2.00. The van der Waals surface area contributed by atoms with Gasteiger partial charge in [0, 0.05) is 41.6 Å². The number of rotatable bonds is 4. The Hall–Kier alpha value is -2.66. The van der Waals surface area contributed by atoms with E-state index >= 15 is 0 Å². The highest BCUT2D eigenvalue weighted by molar-refractivity contribution is 6.33. The number of amides is 1. The van der Waals surface area contributed by atoms with Crippen molar-refractivity contribution in [3.63, 3.8) is 0 Å². The second-order valence-corrected chi connectivity index (χ2v) is 8.33. The van der Waals surface area contributed by atoms with Gasteiger partial charge in [-0.05, 0) is 55.5 Å². The summed E-state index contributed by atoms with van der Waals surface area (Å²) in [6, 6.07) is 11.0. The number of hydrogen-bond acceptors (Lipinski definition) is 3. The summed E-state index contributed by atoms with van der Waals surface area (Å²) in [6.45, 7) is 3.60. The highest BCUT2D eigenvalue weighted by Gasteiger charge is 2.22. The van der Waals surface area contributed by atoms with Crippen LogP contribution in [0.4, 0.5) is 4.39 Å². The lowest BCUT2D eigenvalue weighted by atomic mass is 9.96. The minimum absolute atomic E-state index is 0.151. The molecule has 0 N–H and O–H groups in total. The summed E-state index contributed by atoms with van der Waals surface area (Å²) in [5.74, 6) is -0.421. The number of piperidine rings is 1. The van der Waals surface area contributed by atoms with E-state index in [1.807, 2.05) is 24.0 Å². The van der Waals surface area contributed by atoms with Gasteiger partial charge in [0.1, 0.15) is 11.4 Å². The van der Waals surface area contributed by atoms with E-state index in [1.165, 1.54) is 24.6 Å². The van der Waals surface area contributed by atoms with E-state index < -0.39 is 11.4 Å². The van der Waals surface area contributed by atoms with Crippen molar-refractivity contribution in [3.8, 4) is 11.1 Å². The molecule has 1 saturated heterocycles. The van der Waals surface area contributed by atoms with Gasteiger partial charge >= 0.3 is 5.63 Å². The molecule has 0 spiro atoms. The molecule has 2 aromatic carbocycles. The fraction of sp³-hybridized carbons (Fsp3) is 0.333. The first kappa shape index (κ1) is 20.6. The van der Waals surface area contributed by atoms with Gasteiger partial charge in [-0.1, -0.05) is 30.7 Å². The molecule has 30 heavy (non-hydrogen) atoms. The summed E-state index contributed by atoms with van der Waals surface area (Å²) >= 11 is 6.21. The highest BCUT2D eigenvalue weighted by atomic mass is 35.5. The Morgan fingerprint density at radius 1 is 1.10 bits per heavy atom. The number of carbonyl (C=O) groups excluding carboxylic acids is 1. The first-order valence-electron chi connectivity index (χ1n) is 10.2. The van der Waals surface area contributed by atoms with Gasteiger partial charge in [0.25, 0.3) is 0 Å². The summed E-state index contributed by atoms with van der Waals surface area (Å²) in [5, 5.41) is 0.939. The lowest BCUT2D eigenvalue weighted by Gasteiger charge is -2.29. The van der Waals surface area contributed by atoms with Crippen molar-refractivity contribution in [3.05, 3.63) is 69.3 Å². The lowest BCUT2D eigenvalue weighted by molar-refractivity contribution is -0.135. The van der Waals surface area contributed by atoms with Gasteiger partial charge in [-0.15, -0.1) is 0 Å². The van der Waals surface area contributed by atoms with Crippen LogP contribution in [-0.2, 0) is 11.2 Å². The molecule has 1 aliphatic rings. The van der Waals surface area contributed by atoms with Crippen molar-refractivity contribution < 1.29 is 13.6 Å². The molecule has 1 amide bonds. The number of carbonyl (C=O) groups is 1. The lowest BCUT2D eigenvalue weighted by Crippen LogP contribution is -2.39. The van der Waals surface area contributed by atoms with Crippen LogP contribution >= 0.6 is 11.6 Å². The van der Waals surface area contributed by atoms with Crippen LogP contribution in [0.15, 0.2) is 51.7 Å². The number of hydrogen-bond donors (Lipinski definition) is 0. The van der Waals surface area contributed by atoms with Crippen LogP contribution in [0, 0.1) is 11.7 Å². The largest absolute Gasteiger partial charge is 0.423 e. The Balaban J connectivity index is 1.64. The van der Waals surface area contributed by atoms with Crippen molar-refractivity contribution in [2.45, 2.75) is 32.6 Å². The first-order chi connectivity index (χ1) is 14.4. The zero-order valence-corrected chi connectivity index (χ0v) is 17.5. The van der Waals surface area contributed by atoms with Gasteiger partial charge in [0.15, 0.2) is 0 Å². The summed E-state index contributed by atoms with van der Waals surface area (Å²) in [6.07, 6.45) is 3.88.